The van der Waals surface area contributed by atoms with E-state index in [0.29, 0.717) is 25.0 Å². The zero-order valence-corrected chi connectivity index (χ0v) is 30.6. The van der Waals surface area contributed by atoms with E-state index in [-0.39, 0.29) is 10.8 Å². The van der Waals surface area contributed by atoms with Gasteiger partial charge in [0, 0.05) is 72.9 Å². The van der Waals surface area contributed by atoms with Gasteiger partial charge in [-0.1, -0.05) is 90.1 Å². The normalized spacial score (nSPS) is 20.0. The Morgan fingerprint density at radius 3 is 1.27 bits per heavy atom. The molecule has 0 saturated carbocycles. The smallest absolute Gasteiger partial charge is 0.124 e. The lowest BCUT2D eigenvalue weighted by Crippen LogP contribution is -2.63. The molecule has 2 saturated heterocycles. The fraction of sp³-hybridized carbons (Fsp3) is 0.476. The zero-order valence-electron chi connectivity index (χ0n) is 30.6. The molecular weight excluding hydrogens is 608 g/mol. The number of hydrogen-bond donors (Lipinski definition) is 2. The summed E-state index contributed by atoms with van der Waals surface area (Å²) < 4.78 is 6.26. The van der Waals surface area contributed by atoms with Crippen molar-refractivity contribution in [1.29, 1.82) is 0 Å². The van der Waals surface area contributed by atoms with Gasteiger partial charge in [0.2, 0.25) is 0 Å². The van der Waals surface area contributed by atoms with E-state index >= 15 is 0 Å². The minimum absolute atomic E-state index is 0.327. The number of nitrogens with zero attached hydrogens (tertiary/aromatic N) is 4. The van der Waals surface area contributed by atoms with Crippen molar-refractivity contribution in [3.63, 3.8) is 0 Å². The summed E-state index contributed by atoms with van der Waals surface area (Å²) >= 11 is 0. The minimum atomic E-state index is -1.21. The van der Waals surface area contributed by atoms with Crippen LogP contribution in [0.2, 0.25) is 0 Å². The molecule has 2 N–H and O–H groups in total. The monoisotopic (exact) mass is 662 g/mol. The van der Waals surface area contributed by atoms with Gasteiger partial charge >= 0.3 is 0 Å². The second-order valence-corrected chi connectivity index (χ2v) is 16.1. The van der Waals surface area contributed by atoms with Crippen LogP contribution in [0.15, 0.2) is 85.5 Å². The van der Waals surface area contributed by atoms with E-state index < -0.39 is 11.2 Å². The number of aromatic nitrogens is 2. The maximum absolute atomic E-state index is 12.6. The molecule has 0 amide bonds. The minimum Gasteiger partial charge on any atom is -0.380 e. The molecule has 4 heterocycles. The van der Waals surface area contributed by atoms with E-state index in [2.05, 4.69) is 124 Å². The molecular formula is C42H54N4O3. The lowest BCUT2D eigenvalue weighted by atomic mass is 9.62. The molecule has 2 aliphatic rings. The highest BCUT2D eigenvalue weighted by molar-refractivity contribution is 5.43. The quantitative estimate of drug-likeness (QED) is 0.172. The molecule has 2 aliphatic heterocycles. The fourth-order valence-corrected chi connectivity index (χ4v) is 8.51. The van der Waals surface area contributed by atoms with Gasteiger partial charge in [-0.05, 0) is 71.4 Å². The van der Waals surface area contributed by atoms with Gasteiger partial charge in [-0.25, -0.2) is 0 Å². The summed E-state index contributed by atoms with van der Waals surface area (Å²) in [5, 5.41) is 25.2. The molecule has 49 heavy (non-hydrogen) atoms. The van der Waals surface area contributed by atoms with Crippen LogP contribution in [0.25, 0.3) is 0 Å². The van der Waals surface area contributed by atoms with Gasteiger partial charge in [0.05, 0.1) is 13.2 Å². The summed E-state index contributed by atoms with van der Waals surface area (Å²) in [4.78, 5) is 13.6. The summed E-state index contributed by atoms with van der Waals surface area (Å²) in [7, 11) is 4.18. The fourth-order valence-electron chi connectivity index (χ4n) is 8.51. The number of rotatable bonds is 12. The number of hydrogen-bond acceptors (Lipinski definition) is 7. The molecule has 6 rings (SSSR count). The molecule has 0 unspecified atom stereocenters. The van der Waals surface area contributed by atoms with Crippen molar-refractivity contribution in [2.45, 2.75) is 77.8 Å². The van der Waals surface area contributed by atoms with Crippen LogP contribution in [-0.2, 0) is 29.2 Å². The average Bonchev–Trinajstić information content (AvgIpc) is 3.06. The molecule has 2 aromatic carbocycles. The second-order valence-electron chi connectivity index (χ2n) is 16.1. The second kappa shape index (κ2) is 13.3. The van der Waals surface area contributed by atoms with Crippen molar-refractivity contribution in [3.05, 3.63) is 130 Å². The first-order chi connectivity index (χ1) is 23.2. The largest absolute Gasteiger partial charge is 0.380 e. The highest BCUT2D eigenvalue weighted by Gasteiger charge is 2.56. The topological polar surface area (TPSA) is 82.0 Å². The number of ether oxygens (including phenoxy) is 1. The Bertz CT molecular complexity index is 1610. The summed E-state index contributed by atoms with van der Waals surface area (Å²) in [6, 6.07) is 20.9. The van der Waals surface area contributed by atoms with E-state index in [4.69, 9.17) is 4.74 Å². The highest BCUT2D eigenvalue weighted by Crippen LogP contribution is 2.51. The lowest BCUT2D eigenvalue weighted by molar-refractivity contribution is -0.127. The Morgan fingerprint density at radius 1 is 0.612 bits per heavy atom. The Hall–Kier alpha value is -3.46. The molecule has 7 heteroatoms. The van der Waals surface area contributed by atoms with E-state index in [1.807, 2.05) is 24.5 Å². The SMILES string of the molecule is CC(C)c1ccc([C@](O)(c2cncc(COCc3cncc([C@@](O)(c4ccc(C(C)C)cc4)C4(C)CN(C)C4)c3)c2)C2(C)CN(C)C2)cc1. The van der Waals surface area contributed by atoms with Gasteiger partial charge in [0.15, 0.2) is 0 Å². The number of likely N-dealkylation sites (tertiary alicyclic amines) is 2. The molecule has 4 aromatic rings. The van der Waals surface area contributed by atoms with Gasteiger partial charge in [0.1, 0.15) is 11.2 Å². The Balaban J connectivity index is 1.23. The third-order valence-corrected chi connectivity index (χ3v) is 11.2. The maximum Gasteiger partial charge on any atom is 0.124 e. The van der Waals surface area contributed by atoms with Crippen LogP contribution in [0.3, 0.4) is 0 Å². The van der Waals surface area contributed by atoms with Crippen molar-refractivity contribution in [2.24, 2.45) is 10.8 Å². The summed E-state index contributed by atoms with van der Waals surface area (Å²) in [6.45, 7) is 16.8. The third-order valence-electron chi connectivity index (χ3n) is 11.2. The zero-order chi connectivity index (χ0) is 35.2. The van der Waals surface area contributed by atoms with Crippen molar-refractivity contribution in [2.75, 3.05) is 40.3 Å². The summed E-state index contributed by atoms with van der Waals surface area (Å²) in [5.74, 6) is 0.831. The van der Waals surface area contributed by atoms with Crippen LogP contribution >= 0.6 is 0 Å². The van der Waals surface area contributed by atoms with Gasteiger partial charge in [-0.3, -0.25) is 9.97 Å². The Kier molecular flexibility index (Phi) is 9.63. The van der Waals surface area contributed by atoms with Crippen LogP contribution in [0.4, 0.5) is 0 Å². The Labute approximate surface area is 293 Å². The Morgan fingerprint density at radius 2 is 0.959 bits per heavy atom. The average molecular weight is 663 g/mol. The number of benzene rings is 2. The first kappa shape index (κ1) is 35.4. The molecule has 2 aromatic heterocycles. The predicted octanol–water partition coefficient (Wildman–Crippen LogP) is 6.82. The molecule has 0 spiro atoms. The van der Waals surface area contributed by atoms with Crippen LogP contribution in [0.1, 0.15) is 97.9 Å². The van der Waals surface area contributed by atoms with Gasteiger partial charge < -0.3 is 24.7 Å². The summed E-state index contributed by atoms with van der Waals surface area (Å²) in [5.41, 5.74) is 4.44. The third kappa shape index (κ3) is 6.36. The van der Waals surface area contributed by atoms with Gasteiger partial charge in [-0.15, -0.1) is 0 Å². The molecule has 2 atom stereocenters. The van der Waals surface area contributed by atoms with Crippen LogP contribution < -0.4 is 0 Å². The molecule has 0 radical (unpaired) electrons. The van der Waals surface area contributed by atoms with Crippen molar-refractivity contribution in [1.82, 2.24) is 19.8 Å². The van der Waals surface area contributed by atoms with E-state index in [0.717, 1.165) is 59.6 Å². The van der Waals surface area contributed by atoms with E-state index in [9.17, 15) is 10.2 Å². The van der Waals surface area contributed by atoms with E-state index in [1.54, 1.807) is 12.4 Å². The molecule has 0 bridgehead atoms. The van der Waals surface area contributed by atoms with E-state index in [1.165, 1.54) is 11.1 Å². The van der Waals surface area contributed by atoms with Crippen LogP contribution in [0, 0.1) is 10.8 Å². The first-order valence-electron chi connectivity index (χ1n) is 17.7. The predicted molar refractivity (Wildman–Crippen MR) is 195 cm³/mol. The van der Waals surface area contributed by atoms with Crippen molar-refractivity contribution in [3.8, 4) is 0 Å². The standard InChI is InChI=1S/C42H54N4O3/c1-29(2)33-9-13-35(14-10-33)41(47,39(5)25-45(7)26-39)37-17-31(19-43-21-37)23-49-24-32-18-38(22-44-20-32)42(48,40(6)27-46(8)28-40)36-15-11-34(12-16-36)30(3)4/h9-22,29-30,47-48H,23-28H2,1-8H3/t41-,42-/m0/s1. The van der Waals surface area contributed by atoms with Crippen LogP contribution in [-0.4, -0.2) is 70.3 Å². The number of pyridine rings is 2. The molecule has 260 valence electrons. The first-order valence-corrected chi connectivity index (χ1v) is 17.7. The summed E-state index contributed by atoms with van der Waals surface area (Å²) in [6.07, 6.45) is 7.21. The molecule has 0 aliphatic carbocycles. The van der Waals surface area contributed by atoms with Gasteiger partial charge in [0.25, 0.3) is 0 Å². The van der Waals surface area contributed by atoms with Crippen molar-refractivity contribution < 1.29 is 14.9 Å². The molecule has 2 fully saturated rings. The van der Waals surface area contributed by atoms with Gasteiger partial charge in [-0.2, -0.15) is 0 Å². The molecule has 7 nitrogen and oxygen atoms in total. The maximum atomic E-state index is 12.6. The van der Waals surface area contributed by atoms with Crippen molar-refractivity contribution >= 4 is 0 Å². The number of aliphatic hydroxyl groups is 2. The van der Waals surface area contributed by atoms with Crippen LogP contribution in [0.5, 0.6) is 0 Å². The lowest BCUT2D eigenvalue weighted by Gasteiger charge is -2.56. The highest BCUT2D eigenvalue weighted by atomic mass is 16.5.